The van der Waals surface area contributed by atoms with E-state index in [4.69, 9.17) is 5.11 Å². The van der Waals surface area contributed by atoms with Gasteiger partial charge in [0.25, 0.3) is 0 Å². The lowest BCUT2D eigenvalue weighted by atomic mass is 10.1. The van der Waals surface area contributed by atoms with Crippen molar-refractivity contribution in [2.24, 2.45) is 5.92 Å². The summed E-state index contributed by atoms with van der Waals surface area (Å²) in [6, 6.07) is 0. The molecule has 48 valence electrons. The summed E-state index contributed by atoms with van der Waals surface area (Å²) in [5, 5.41) is 8.66. The first-order valence-corrected chi connectivity index (χ1v) is 3.12. The van der Waals surface area contributed by atoms with Crippen molar-refractivity contribution in [2.75, 3.05) is 26.7 Å². The summed E-state index contributed by atoms with van der Waals surface area (Å²) in [5.74, 6) is 0.556. The van der Waals surface area contributed by atoms with Gasteiger partial charge in [0, 0.05) is 13.2 Å². The fraction of sp³-hybridized carbons (Fsp3) is 1.00. The third-order valence-electron chi connectivity index (χ3n) is 1.75. The first kappa shape index (κ1) is 6.05. The number of aliphatic hydroxyl groups excluding tert-OH is 1. The molecule has 1 saturated heterocycles. The Kier molecular flexibility index (Phi) is 1.86. The van der Waals surface area contributed by atoms with Gasteiger partial charge in [-0.05, 0) is 25.9 Å². The van der Waals surface area contributed by atoms with E-state index < -0.39 is 0 Å². The fourth-order valence-electron chi connectivity index (χ4n) is 1.18. The monoisotopic (exact) mass is 115 g/mol. The SMILES string of the molecule is CN1CC[C@H](CO)C1. The molecule has 0 unspecified atom stereocenters. The standard InChI is InChI=1S/C6H13NO/c1-7-3-2-6(4-7)5-8/h6,8H,2-5H2,1H3/t6-/m0/s1. The second-order valence-corrected chi connectivity index (χ2v) is 2.60. The van der Waals surface area contributed by atoms with Crippen molar-refractivity contribution in [3.8, 4) is 0 Å². The van der Waals surface area contributed by atoms with E-state index in [1.807, 2.05) is 0 Å². The normalized spacial score (nSPS) is 31.5. The zero-order chi connectivity index (χ0) is 5.98. The lowest BCUT2D eigenvalue weighted by molar-refractivity contribution is 0.228. The predicted octanol–water partition coefficient (Wildman–Crippen LogP) is -0.0696. The van der Waals surface area contributed by atoms with Gasteiger partial charge in [-0.25, -0.2) is 0 Å². The lowest BCUT2D eigenvalue weighted by Crippen LogP contribution is -2.15. The molecule has 8 heavy (non-hydrogen) atoms. The number of hydrogen-bond acceptors (Lipinski definition) is 2. The van der Waals surface area contributed by atoms with Crippen molar-refractivity contribution >= 4 is 0 Å². The van der Waals surface area contributed by atoms with Crippen LogP contribution in [0.25, 0.3) is 0 Å². The van der Waals surface area contributed by atoms with Crippen molar-refractivity contribution < 1.29 is 5.11 Å². The molecular formula is C6H13NO. The highest BCUT2D eigenvalue weighted by atomic mass is 16.3. The number of aliphatic hydroxyl groups is 1. The molecule has 0 aromatic carbocycles. The predicted molar refractivity (Wildman–Crippen MR) is 32.7 cm³/mol. The third-order valence-corrected chi connectivity index (χ3v) is 1.75. The van der Waals surface area contributed by atoms with Gasteiger partial charge in [-0.1, -0.05) is 0 Å². The Morgan fingerprint density at radius 2 is 2.50 bits per heavy atom. The first-order valence-electron chi connectivity index (χ1n) is 3.12. The number of rotatable bonds is 1. The molecule has 0 amide bonds. The minimum absolute atomic E-state index is 0.365. The Balaban J connectivity index is 2.22. The van der Waals surface area contributed by atoms with E-state index in [2.05, 4.69) is 11.9 Å². The van der Waals surface area contributed by atoms with Crippen LogP contribution in [0.1, 0.15) is 6.42 Å². The number of likely N-dealkylation sites (tertiary alicyclic amines) is 1. The van der Waals surface area contributed by atoms with Gasteiger partial charge in [-0.2, -0.15) is 0 Å². The average molecular weight is 115 g/mol. The molecule has 1 fully saturated rings. The van der Waals surface area contributed by atoms with Crippen molar-refractivity contribution in [3.63, 3.8) is 0 Å². The molecule has 0 radical (unpaired) electrons. The van der Waals surface area contributed by atoms with Crippen LogP contribution in [0, 0.1) is 5.92 Å². The van der Waals surface area contributed by atoms with Crippen LogP contribution in [0.3, 0.4) is 0 Å². The molecule has 1 N–H and O–H groups in total. The summed E-state index contributed by atoms with van der Waals surface area (Å²) < 4.78 is 0. The second-order valence-electron chi connectivity index (χ2n) is 2.60. The maximum Gasteiger partial charge on any atom is 0.0471 e. The van der Waals surface area contributed by atoms with Crippen LogP contribution in [0.15, 0.2) is 0 Å². The summed E-state index contributed by atoms with van der Waals surface area (Å²) in [7, 11) is 2.09. The van der Waals surface area contributed by atoms with Crippen molar-refractivity contribution in [2.45, 2.75) is 6.42 Å². The molecule has 0 aliphatic carbocycles. The van der Waals surface area contributed by atoms with Gasteiger partial charge in [-0.3, -0.25) is 0 Å². The number of hydrogen-bond donors (Lipinski definition) is 1. The van der Waals surface area contributed by atoms with Gasteiger partial charge < -0.3 is 10.0 Å². The zero-order valence-electron chi connectivity index (χ0n) is 5.30. The minimum atomic E-state index is 0.365. The van der Waals surface area contributed by atoms with E-state index in [0.29, 0.717) is 12.5 Å². The van der Waals surface area contributed by atoms with E-state index >= 15 is 0 Å². The molecule has 0 aromatic heterocycles. The van der Waals surface area contributed by atoms with Gasteiger partial charge in [0.1, 0.15) is 0 Å². The second kappa shape index (κ2) is 2.46. The van der Waals surface area contributed by atoms with Crippen LogP contribution < -0.4 is 0 Å². The molecule has 0 saturated carbocycles. The first-order chi connectivity index (χ1) is 3.83. The Labute approximate surface area is 50.1 Å². The summed E-state index contributed by atoms with van der Waals surface area (Å²) in [6.07, 6.45) is 1.17. The average Bonchev–Trinajstić information content (AvgIpc) is 2.14. The lowest BCUT2D eigenvalue weighted by Gasteiger charge is -2.05. The number of nitrogens with zero attached hydrogens (tertiary/aromatic N) is 1. The van der Waals surface area contributed by atoms with E-state index in [0.717, 1.165) is 13.1 Å². The molecular weight excluding hydrogens is 102 g/mol. The molecule has 0 bridgehead atoms. The Hall–Kier alpha value is -0.0800. The molecule has 1 aliphatic rings. The summed E-state index contributed by atoms with van der Waals surface area (Å²) in [4.78, 5) is 2.25. The minimum Gasteiger partial charge on any atom is -0.396 e. The smallest absolute Gasteiger partial charge is 0.0471 e. The largest absolute Gasteiger partial charge is 0.396 e. The maximum absolute atomic E-state index is 8.66. The van der Waals surface area contributed by atoms with E-state index in [-0.39, 0.29) is 0 Å². The quantitative estimate of drug-likeness (QED) is 0.517. The van der Waals surface area contributed by atoms with Gasteiger partial charge in [0.15, 0.2) is 0 Å². The van der Waals surface area contributed by atoms with Gasteiger partial charge >= 0.3 is 0 Å². The Morgan fingerprint density at radius 3 is 2.75 bits per heavy atom. The van der Waals surface area contributed by atoms with Gasteiger partial charge in [0.2, 0.25) is 0 Å². The molecule has 1 heterocycles. The van der Waals surface area contributed by atoms with E-state index in [1.165, 1.54) is 6.42 Å². The molecule has 0 spiro atoms. The Morgan fingerprint density at radius 1 is 1.75 bits per heavy atom. The fourth-order valence-corrected chi connectivity index (χ4v) is 1.18. The molecule has 1 aliphatic heterocycles. The van der Waals surface area contributed by atoms with Crippen LogP contribution in [-0.4, -0.2) is 36.8 Å². The highest BCUT2D eigenvalue weighted by Gasteiger charge is 2.17. The van der Waals surface area contributed by atoms with Crippen LogP contribution in [0.2, 0.25) is 0 Å². The van der Waals surface area contributed by atoms with Crippen molar-refractivity contribution in [1.29, 1.82) is 0 Å². The summed E-state index contributed by atoms with van der Waals surface area (Å²) in [5.41, 5.74) is 0. The summed E-state index contributed by atoms with van der Waals surface area (Å²) in [6.45, 7) is 2.60. The zero-order valence-corrected chi connectivity index (χ0v) is 5.30. The molecule has 0 aromatic rings. The van der Waals surface area contributed by atoms with E-state index in [9.17, 15) is 0 Å². The van der Waals surface area contributed by atoms with Crippen LogP contribution in [-0.2, 0) is 0 Å². The third kappa shape index (κ3) is 1.20. The highest BCUT2D eigenvalue weighted by Crippen LogP contribution is 2.12. The maximum atomic E-state index is 8.66. The molecule has 1 atom stereocenters. The van der Waals surface area contributed by atoms with Crippen molar-refractivity contribution in [1.82, 2.24) is 4.90 Å². The molecule has 2 heteroatoms. The molecule has 2 nitrogen and oxygen atoms in total. The molecule has 1 rings (SSSR count). The van der Waals surface area contributed by atoms with Crippen molar-refractivity contribution in [3.05, 3.63) is 0 Å². The summed E-state index contributed by atoms with van der Waals surface area (Å²) >= 11 is 0. The van der Waals surface area contributed by atoms with Crippen LogP contribution in [0.4, 0.5) is 0 Å². The topological polar surface area (TPSA) is 23.5 Å². The van der Waals surface area contributed by atoms with E-state index in [1.54, 1.807) is 0 Å². The highest BCUT2D eigenvalue weighted by molar-refractivity contribution is 4.71. The van der Waals surface area contributed by atoms with Gasteiger partial charge in [0.05, 0.1) is 0 Å². The van der Waals surface area contributed by atoms with Crippen LogP contribution >= 0.6 is 0 Å². The van der Waals surface area contributed by atoms with Gasteiger partial charge in [-0.15, -0.1) is 0 Å². The van der Waals surface area contributed by atoms with Crippen LogP contribution in [0.5, 0.6) is 0 Å². The Bertz CT molecular complexity index is 74.9.